The molecule has 70 valence electrons. The lowest BCUT2D eigenvalue weighted by atomic mass is 10.3. The normalized spacial score (nSPS) is 11.5. The molecule has 0 aromatic heterocycles. The van der Waals surface area contributed by atoms with Crippen LogP contribution in [0.25, 0.3) is 0 Å². The van der Waals surface area contributed by atoms with Gasteiger partial charge in [-0.25, -0.2) is 0 Å². The van der Waals surface area contributed by atoms with Crippen molar-refractivity contribution in [2.75, 3.05) is 0 Å². The van der Waals surface area contributed by atoms with Crippen molar-refractivity contribution in [1.82, 2.24) is 5.32 Å². The van der Waals surface area contributed by atoms with E-state index in [0.29, 0.717) is 0 Å². The van der Waals surface area contributed by atoms with Crippen LogP contribution in [0.1, 0.15) is 13.8 Å². The Balaban J connectivity index is 4.22. The van der Waals surface area contributed by atoms with E-state index >= 15 is 0 Å². The average molecular weight is 183 g/mol. The number of carbonyl (C=O) groups excluding carboxylic acids is 2. The molecule has 1 N–H and O–H groups in total. The molecular formula is C6H8F3NO2. The molecule has 1 amide bonds. The molecule has 0 aromatic carbocycles. The van der Waals surface area contributed by atoms with Gasteiger partial charge >= 0.3 is 12.0 Å². The molecule has 0 saturated heterocycles. The van der Waals surface area contributed by atoms with Crippen LogP contribution in [-0.2, 0) is 9.59 Å². The molecule has 0 heterocycles. The van der Waals surface area contributed by atoms with Gasteiger partial charge in [0.15, 0.2) is 0 Å². The quantitative estimate of drug-likeness (QED) is 0.638. The van der Waals surface area contributed by atoms with Crippen molar-refractivity contribution in [1.29, 1.82) is 0 Å². The van der Waals surface area contributed by atoms with Gasteiger partial charge in [0.25, 0.3) is 5.91 Å². The summed E-state index contributed by atoms with van der Waals surface area (Å²) in [7, 11) is 0. The molecule has 3 nitrogen and oxygen atoms in total. The first-order chi connectivity index (χ1) is 5.25. The molecule has 0 rings (SSSR count). The summed E-state index contributed by atoms with van der Waals surface area (Å²) < 4.78 is 34.6. The predicted molar refractivity (Wildman–Crippen MR) is 34.3 cm³/mol. The summed E-state index contributed by atoms with van der Waals surface area (Å²) in [6.45, 7) is 2.92. The molecule has 0 aliphatic rings. The topological polar surface area (TPSA) is 46.2 Å². The van der Waals surface area contributed by atoms with E-state index in [2.05, 4.69) is 0 Å². The first-order valence-electron chi connectivity index (χ1n) is 3.17. The largest absolute Gasteiger partial charge is 0.460 e. The van der Waals surface area contributed by atoms with Crippen LogP contribution in [0.3, 0.4) is 0 Å². The number of amides is 1. The molecule has 0 bridgehead atoms. The second kappa shape index (κ2) is 3.55. The molecule has 0 unspecified atom stereocenters. The van der Waals surface area contributed by atoms with Crippen molar-refractivity contribution >= 4 is 11.7 Å². The Labute approximate surface area is 66.9 Å². The lowest BCUT2D eigenvalue weighted by Crippen LogP contribution is -2.42. The smallest absolute Gasteiger partial charge is 0.347 e. The minimum absolute atomic E-state index is 0.483. The Morgan fingerprint density at radius 2 is 1.67 bits per heavy atom. The van der Waals surface area contributed by atoms with Gasteiger partial charge in [-0.2, -0.15) is 13.2 Å². The van der Waals surface area contributed by atoms with Gasteiger partial charge in [0.05, 0.1) is 0 Å². The number of Topliss-reactive ketones (excluding diaryl/α,β-unsaturated/α-hetero) is 1. The number of halogens is 3. The monoisotopic (exact) mass is 183 g/mol. The summed E-state index contributed by atoms with van der Waals surface area (Å²) >= 11 is 0. The van der Waals surface area contributed by atoms with Crippen molar-refractivity contribution in [3.63, 3.8) is 0 Å². The van der Waals surface area contributed by atoms with Crippen molar-refractivity contribution in [2.45, 2.75) is 26.1 Å². The Hall–Kier alpha value is -1.07. The van der Waals surface area contributed by atoms with Gasteiger partial charge in [-0.15, -0.1) is 0 Å². The van der Waals surface area contributed by atoms with E-state index in [1.807, 2.05) is 5.32 Å². The zero-order valence-corrected chi connectivity index (χ0v) is 6.53. The lowest BCUT2D eigenvalue weighted by Gasteiger charge is -2.08. The number of ketones is 1. The maximum absolute atomic E-state index is 11.5. The van der Waals surface area contributed by atoms with Crippen LogP contribution in [0.15, 0.2) is 0 Å². The third-order valence-corrected chi connectivity index (χ3v) is 0.883. The average Bonchev–Trinajstić information content (AvgIpc) is 1.82. The van der Waals surface area contributed by atoms with Crippen LogP contribution in [0.2, 0.25) is 0 Å². The third-order valence-electron chi connectivity index (χ3n) is 0.883. The highest BCUT2D eigenvalue weighted by atomic mass is 19.4. The second-order valence-electron chi connectivity index (χ2n) is 2.46. The first-order valence-corrected chi connectivity index (χ1v) is 3.17. The van der Waals surface area contributed by atoms with Crippen LogP contribution >= 0.6 is 0 Å². The number of hydrogen-bond acceptors (Lipinski definition) is 2. The molecule has 0 aliphatic heterocycles. The van der Waals surface area contributed by atoms with Crippen LogP contribution in [-0.4, -0.2) is 23.9 Å². The minimum atomic E-state index is -5.08. The van der Waals surface area contributed by atoms with E-state index < -0.39 is 23.9 Å². The molecule has 0 atom stereocenters. The van der Waals surface area contributed by atoms with Crippen molar-refractivity contribution in [2.24, 2.45) is 0 Å². The zero-order valence-electron chi connectivity index (χ0n) is 6.53. The number of hydrogen-bond donors (Lipinski definition) is 1. The fourth-order valence-electron chi connectivity index (χ4n) is 0.456. The molecular weight excluding hydrogens is 175 g/mol. The Kier molecular flexibility index (Phi) is 3.24. The van der Waals surface area contributed by atoms with Crippen molar-refractivity contribution in [3.8, 4) is 0 Å². The van der Waals surface area contributed by atoms with Gasteiger partial charge in [0.2, 0.25) is 0 Å². The van der Waals surface area contributed by atoms with Gasteiger partial charge in [-0.1, -0.05) is 0 Å². The fourth-order valence-corrected chi connectivity index (χ4v) is 0.456. The van der Waals surface area contributed by atoms with Gasteiger partial charge in [0, 0.05) is 6.04 Å². The minimum Gasteiger partial charge on any atom is -0.347 e. The van der Waals surface area contributed by atoms with Gasteiger partial charge in [0.1, 0.15) is 0 Å². The van der Waals surface area contributed by atoms with Gasteiger partial charge in [-0.05, 0) is 13.8 Å². The number of nitrogens with one attached hydrogen (secondary N) is 1. The third kappa shape index (κ3) is 3.36. The fraction of sp³-hybridized carbons (Fsp3) is 0.667. The SMILES string of the molecule is CC(C)NC(=O)C(=O)C(F)(F)F. The Bertz CT molecular complexity index is 197. The van der Waals surface area contributed by atoms with E-state index in [-0.39, 0.29) is 0 Å². The van der Waals surface area contributed by atoms with E-state index in [9.17, 15) is 22.8 Å². The lowest BCUT2D eigenvalue weighted by molar-refractivity contribution is -0.175. The van der Waals surface area contributed by atoms with Crippen molar-refractivity contribution in [3.05, 3.63) is 0 Å². The maximum atomic E-state index is 11.5. The van der Waals surface area contributed by atoms with E-state index in [1.165, 1.54) is 13.8 Å². The highest BCUT2D eigenvalue weighted by molar-refractivity contribution is 6.38. The number of alkyl halides is 3. The zero-order chi connectivity index (χ0) is 9.94. The highest BCUT2D eigenvalue weighted by Gasteiger charge is 2.43. The number of carbonyl (C=O) groups is 2. The Morgan fingerprint density at radius 3 is 1.92 bits per heavy atom. The van der Waals surface area contributed by atoms with Crippen LogP contribution in [0, 0.1) is 0 Å². The van der Waals surface area contributed by atoms with Crippen molar-refractivity contribution < 1.29 is 22.8 Å². The van der Waals surface area contributed by atoms with Crippen LogP contribution in [0.5, 0.6) is 0 Å². The van der Waals surface area contributed by atoms with Gasteiger partial charge < -0.3 is 5.32 Å². The first kappa shape index (κ1) is 10.9. The summed E-state index contributed by atoms with van der Waals surface area (Å²) in [6.07, 6.45) is -5.08. The molecule has 0 fully saturated rings. The van der Waals surface area contributed by atoms with E-state index in [1.54, 1.807) is 0 Å². The molecule has 0 saturated carbocycles. The predicted octanol–water partition coefficient (Wildman–Crippen LogP) is 0.642. The molecule has 0 spiro atoms. The second-order valence-corrected chi connectivity index (χ2v) is 2.46. The molecule has 0 radical (unpaired) electrons. The highest BCUT2D eigenvalue weighted by Crippen LogP contribution is 2.15. The molecule has 0 aliphatic carbocycles. The summed E-state index contributed by atoms with van der Waals surface area (Å²) in [6, 6.07) is -0.483. The molecule has 0 aromatic rings. The van der Waals surface area contributed by atoms with E-state index in [4.69, 9.17) is 0 Å². The summed E-state index contributed by atoms with van der Waals surface area (Å²) in [5, 5.41) is 1.84. The van der Waals surface area contributed by atoms with E-state index in [0.717, 1.165) is 0 Å². The summed E-state index contributed by atoms with van der Waals surface area (Å²) in [5.74, 6) is -3.98. The van der Waals surface area contributed by atoms with Crippen LogP contribution < -0.4 is 5.32 Å². The molecule has 12 heavy (non-hydrogen) atoms. The summed E-state index contributed by atoms with van der Waals surface area (Å²) in [5.41, 5.74) is 0. The standard InChI is InChI=1S/C6H8F3NO2/c1-3(2)10-5(12)4(11)6(7,8)9/h3H,1-2H3,(H,10,12). The number of rotatable bonds is 2. The van der Waals surface area contributed by atoms with Crippen LogP contribution in [0.4, 0.5) is 13.2 Å². The summed E-state index contributed by atoms with van der Waals surface area (Å²) in [4.78, 5) is 20.6. The Morgan fingerprint density at radius 1 is 1.25 bits per heavy atom. The van der Waals surface area contributed by atoms with Gasteiger partial charge in [-0.3, -0.25) is 9.59 Å². The molecule has 6 heteroatoms. The maximum Gasteiger partial charge on any atom is 0.460 e.